The van der Waals surface area contributed by atoms with Crippen molar-refractivity contribution in [3.05, 3.63) is 33.8 Å². The van der Waals surface area contributed by atoms with Crippen LogP contribution in [0.1, 0.15) is 42.5 Å². The molecule has 1 saturated carbocycles. The van der Waals surface area contributed by atoms with Crippen LogP contribution in [-0.4, -0.2) is 36.5 Å². The van der Waals surface area contributed by atoms with Crippen LogP contribution in [0, 0.1) is 0 Å². The predicted octanol–water partition coefficient (Wildman–Crippen LogP) is 3.94. The minimum absolute atomic E-state index is 0.0963. The summed E-state index contributed by atoms with van der Waals surface area (Å²) in [5.41, 5.74) is 0.0963. The highest BCUT2D eigenvalue weighted by molar-refractivity contribution is 6.39. The van der Waals surface area contributed by atoms with Gasteiger partial charge in [0.1, 0.15) is 0 Å². The Kier molecular flexibility index (Phi) is 6.09. The summed E-state index contributed by atoms with van der Waals surface area (Å²) in [5.74, 6) is -0.885. The van der Waals surface area contributed by atoms with Crippen LogP contribution in [0.3, 0.4) is 0 Å². The van der Waals surface area contributed by atoms with Crippen LogP contribution < -0.4 is 0 Å². The van der Waals surface area contributed by atoms with Gasteiger partial charge in [-0.05, 0) is 25.0 Å². The first-order chi connectivity index (χ1) is 10.5. The summed E-state index contributed by atoms with van der Waals surface area (Å²) in [6, 6.07) is 4.99. The standard InChI is InChI=1S/C16H19Cl2NO3/c1-19(11-6-3-2-4-7-11)14(20)10-22-16(21)15-12(17)8-5-9-13(15)18/h5,8-9,11H,2-4,6-7,10H2,1H3. The number of amides is 1. The Morgan fingerprint density at radius 3 is 2.36 bits per heavy atom. The van der Waals surface area contributed by atoms with Crippen molar-refractivity contribution in [2.75, 3.05) is 13.7 Å². The lowest BCUT2D eigenvalue weighted by Gasteiger charge is -2.31. The number of ether oxygens (including phenoxy) is 1. The molecule has 22 heavy (non-hydrogen) atoms. The average Bonchev–Trinajstić information content (AvgIpc) is 2.52. The molecule has 0 N–H and O–H groups in total. The van der Waals surface area contributed by atoms with Gasteiger partial charge in [-0.1, -0.05) is 48.5 Å². The van der Waals surface area contributed by atoms with Gasteiger partial charge < -0.3 is 9.64 Å². The van der Waals surface area contributed by atoms with Gasteiger partial charge >= 0.3 is 5.97 Å². The van der Waals surface area contributed by atoms with Gasteiger partial charge in [-0.15, -0.1) is 0 Å². The number of benzene rings is 1. The van der Waals surface area contributed by atoms with Crippen molar-refractivity contribution < 1.29 is 14.3 Å². The number of likely N-dealkylation sites (N-methyl/N-ethyl adjacent to an activating group) is 1. The molecule has 0 spiro atoms. The van der Waals surface area contributed by atoms with Crippen molar-refractivity contribution in [2.24, 2.45) is 0 Å². The van der Waals surface area contributed by atoms with Crippen molar-refractivity contribution >= 4 is 35.1 Å². The summed E-state index contributed by atoms with van der Waals surface area (Å²) < 4.78 is 5.06. The number of esters is 1. The van der Waals surface area contributed by atoms with Crippen molar-refractivity contribution in [3.63, 3.8) is 0 Å². The van der Waals surface area contributed by atoms with Crippen molar-refractivity contribution in [1.29, 1.82) is 0 Å². The summed E-state index contributed by atoms with van der Waals surface area (Å²) in [4.78, 5) is 25.8. The maximum Gasteiger partial charge on any atom is 0.341 e. The van der Waals surface area contributed by atoms with E-state index in [0.29, 0.717) is 0 Å². The van der Waals surface area contributed by atoms with Gasteiger partial charge in [-0.3, -0.25) is 4.79 Å². The minimum atomic E-state index is -0.680. The number of hydrogen-bond acceptors (Lipinski definition) is 3. The average molecular weight is 344 g/mol. The smallest absolute Gasteiger partial charge is 0.341 e. The first-order valence-electron chi connectivity index (χ1n) is 7.37. The number of nitrogens with zero attached hydrogens (tertiary/aromatic N) is 1. The van der Waals surface area contributed by atoms with E-state index in [1.54, 1.807) is 30.1 Å². The predicted molar refractivity (Wildman–Crippen MR) is 86.4 cm³/mol. The second-order valence-electron chi connectivity index (χ2n) is 5.47. The molecule has 1 fully saturated rings. The van der Waals surface area contributed by atoms with Gasteiger partial charge in [0.05, 0.1) is 15.6 Å². The van der Waals surface area contributed by atoms with Crippen molar-refractivity contribution in [2.45, 2.75) is 38.1 Å². The fourth-order valence-corrected chi connectivity index (χ4v) is 3.22. The van der Waals surface area contributed by atoms with E-state index < -0.39 is 5.97 Å². The molecule has 120 valence electrons. The molecule has 0 aliphatic heterocycles. The monoisotopic (exact) mass is 343 g/mol. The summed E-state index contributed by atoms with van der Waals surface area (Å²) in [6.07, 6.45) is 5.51. The summed E-state index contributed by atoms with van der Waals surface area (Å²) in [6.45, 7) is -0.298. The molecule has 0 radical (unpaired) electrons. The number of hydrogen-bond donors (Lipinski definition) is 0. The van der Waals surface area contributed by atoms with E-state index in [1.165, 1.54) is 6.42 Å². The molecule has 1 amide bonds. The Morgan fingerprint density at radius 1 is 1.18 bits per heavy atom. The number of rotatable bonds is 4. The normalized spacial score (nSPS) is 15.4. The maximum absolute atomic E-state index is 12.1. The van der Waals surface area contributed by atoms with Crippen LogP contribution >= 0.6 is 23.2 Å². The quantitative estimate of drug-likeness (QED) is 0.777. The Morgan fingerprint density at radius 2 is 1.77 bits per heavy atom. The first kappa shape index (κ1) is 17.1. The number of carbonyl (C=O) groups is 2. The molecule has 1 aromatic rings. The van der Waals surface area contributed by atoms with E-state index >= 15 is 0 Å². The van der Waals surface area contributed by atoms with Crippen molar-refractivity contribution in [3.8, 4) is 0 Å². The third kappa shape index (κ3) is 4.14. The molecule has 0 bridgehead atoms. The molecule has 0 saturated heterocycles. The first-order valence-corrected chi connectivity index (χ1v) is 8.13. The molecular formula is C16H19Cl2NO3. The molecule has 1 aromatic carbocycles. The summed E-state index contributed by atoms with van der Waals surface area (Å²) in [7, 11) is 1.76. The Bertz CT molecular complexity index is 536. The molecule has 4 nitrogen and oxygen atoms in total. The summed E-state index contributed by atoms with van der Waals surface area (Å²) in [5, 5.41) is 0.427. The highest BCUT2D eigenvalue weighted by Crippen LogP contribution is 2.25. The topological polar surface area (TPSA) is 46.6 Å². The van der Waals surface area contributed by atoms with E-state index in [0.717, 1.165) is 25.7 Å². The Labute approximate surface area is 140 Å². The fourth-order valence-electron chi connectivity index (χ4n) is 2.67. The van der Waals surface area contributed by atoms with Gasteiger partial charge in [0.2, 0.25) is 0 Å². The zero-order valence-electron chi connectivity index (χ0n) is 12.5. The van der Waals surface area contributed by atoms with Crippen molar-refractivity contribution in [1.82, 2.24) is 4.90 Å². The van der Waals surface area contributed by atoms with Crippen LogP contribution in [0.4, 0.5) is 0 Å². The van der Waals surface area contributed by atoms with E-state index in [4.69, 9.17) is 27.9 Å². The number of carbonyl (C=O) groups excluding carboxylic acids is 2. The molecule has 0 heterocycles. The molecule has 1 aliphatic carbocycles. The molecule has 6 heteroatoms. The highest BCUT2D eigenvalue weighted by atomic mass is 35.5. The number of halogens is 2. The van der Waals surface area contributed by atoms with Gasteiger partial charge in [0, 0.05) is 13.1 Å². The van der Waals surface area contributed by atoms with Crippen LogP contribution in [0.15, 0.2) is 18.2 Å². The fraction of sp³-hybridized carbons (Fsp3) is 0.500. The zero-order chi connectivity index (χ0) is 16.1. The molecule has 0 atom stereocenters. The largest absolute Gasteiger partial charge is 0.452 e. The van der Waals surface area contributed by atoms with Gasteiger partial charge in [0.15, 0.2) is 6.61 Å². The molecule has 0 aromatic heterocycles. The maximum atomic E-state index is 12.1. The minimum Gasteiger partial charge on any atom is -0.452 e. The lowest BCUT2D eigenvalue weighted by Crippen LogP contribution is -2.40. The van der Waals surface area contributed by atoms with E-state index in [-0.39, 0.29) is 34.2 Å². The van der Waals surface area contributed by atoms with Gasteiger partial charge in [0.25, 0.3) is 5.91 Å². The van der Waals surface area contributed by atoms with Gasteiger partial charge in [-0.25, -0.2) is 4.79 Å². The SMILES string of the molecule is CN(C(=O)COC(=O)c1c(Cl)cccc1Cl)C1CCCCC1. The lowest BCUT2D eigenvalue weighted by molar-refractivity contribution is -0.135. The summed E-state index contributed by atoms with van der Waals surface area (Å²) >= 11 is 11.9. The van der Waals surface area contributed by atoms with Crippen LogP contribution in [0.2, 0.25) is 10.0 Å². The second-order valence-corrected chi connectivity index (χ2v) is 6.28. The van der Waals surface area contributed by atoms with E-state index in [1.807, 2.05) is 0 Å². The molecular weight excluding hydrogens is 325 g/mol. The van der Waals surface area contributed by atoms with Crippen LogP contribution in [-0.2, 0) is 9.53 Å². The van der Waals surface area contributed by atoms with Crippen LogP contribution in [0.25, 0.3) is 0 Å². The Balaban J connectivity index is 1.91. The third-order valence-electron chi connectivity index (χ3n) is 4.01. The Hall–Kier alpha value is -1.26. The van der Waals surface area contributed by atoms with E-state index in [2.05, 4.69) is 0 Å². The molecule has 0 unspecified atom stereocenters. The van der Waals surface area contributed by atoms with E-state index in [9.17, 15) is 9.59 Å². The molecule has 1 aliphatic rings. The lowest BCUT2D eigenvalue weighted by atomic mass is 9.94. The van der Waals surface area contributed by atoms with Gasteiger partial charge in [-0.2, -0.15) is 0 Å². The highest BCUT2D eigenvalue weighted by Gasteiger charge is 2.24. The third-order valence-corrected chi connectivity index (χ3v) is 4.64. The molecule has 2 rings (SSSR count). The second kappa shape index (κ2) is 7.84. The zero-order valence-corrected chi connectivity index (χ0v) is 14.0. The van der Waals surface area contributed by atoms with Crippen LogP contribution in [0.5, 0.6) is 0 Å².